The largest absolute Gasteiger partial charge is 0.478 e. The zero-order valence-corrected chi connectivity index (χ0v) is 15.1. The number of nitrogens with zero attached hydrogens (tertiary/aromatic N) is 4. The first-order valence-corrected chi connectivity index (χ1v) is 8.70. The van der Waals surface area contributed by atoms with Gasteiger partial charge in [-0.3, -0.25) is 14.8 Å². The first kappa shape index (κ1) is 18.8. The minimum atomic E-state index is -1.18. The number of carboxylic acid groups (broad SMARTS) is 1. The van der Waals surface area contributed by atoms with Crippen molar-refractivity contribution in [3.05, 3.63) is 42.9 Å². The highest BCUT2D eigenvalue weighted by Crippen LogP contribution is 2.30. The molecule has 142 valence electrons. The number of aromatic nitrogens is 2. The summed E-state index contributed by atoms with van der Waals surface area (Å²) >= 11 is 0. The zero-order valence-electron chi connectivity index (χ0n) is 15.1. The number of rotatable bonds is 5. The monoisotopic (exact) mass is 370 g/mol. The summed E-state index contributed by atoms with van der Waals surface area (Å²) < 4.78 is 0. The van der Waals surface area contributed by atoms with Crippen LogP contribution >= 0.6 is 0 Å². The van der Waals surface area contributed by atoms with E-state index >= 15 is 0 Å². The third kappa shape index (κ3) is 4.40. The fourth-order valence-electron chi connectivity index (χ4n) is 3.49. The first-order chi connectivity index (χ1) is 12.9. The number of amides is 1. The molecule has 0 radical (unpaired) electrons. The van der Waals surface area contributed by atoms with E-state index in [1.165, 1.54) is 4.90 Å². The van der Waals surface area contributed by atoms with E-state index in [0.717, 1.165) is 41.7 Å². The number of hydrogen-bond donors (Lipinski definition) is 2. The lowest BCUT2D eigenvalue weighted by Crippen LogP contribution is -2.54. The Kier molecular flexibility index (Phi) is 5.36. The summed E-state index contributed by atoms with van der Waals surface area (Å²) in [5.74, 6) is -1.64. The topological polar surface area (TPSA) is 107 Å². The minimum Gasteiger partial charge on any atom is -0.478 e. The summed E-state index contributed by atoms with van der Waals surface area (Å²) in [7, 11) is 1.55. The van der Waals surface area contributed by atoms with Gasteiger partial charge in [0.25, 0.3) is 0 Å². The quantitative estimate of drug-likeness (QED) is 0.758. The number of aliphatic carboxylic acids is 1. The standard InChI is InChI=1S/C19H22N4O4/c1-22(17(24)3-4-18(25)26)12-19(27)7-2-10-23(13-19)16-6-9-21-15-5-8-20-11-14(15)16/h3-6,8-9,11,27H,2,7,10,12-13H2,1H3,(H,25,26). The van der Waals surface area contributed by atoms with Crippen molar-refractivity contribution in [3.63, 3.8) is 0 Å². The number of carbonyl (C=O) groups excluding carboxylic acids is 1. The summed E-state index contributed by atoms with van der Waals surface area (Å²) in [5, 5.41) is 20.6. The van der Waals surface area contributed by atoms with Gasteiger partial charge in [-0.15, -0.1) is 0 Å². The van der Waals surface area contributed by atoms with Gasteiger partial charge < -0.3 is 20.0 Å². The van der Waals surface area contributed by atoms with Crippen molar-refractivity contribution in [2.45, 2.75) is 18.4 Å². The van der Waals surface area contributed by atoms with Crippen molar-refractivity contribution in [1.82, 2.24) is 14.9 Å². The van der Waals surface area contributed by atoms with E-state index in [1.54, 1.807) is 25.6 Å². The van der Waals surface area contributed by atoms with Gasteiger partial charge in [-0.05, 0) is 25.0 Å². The fourth-order valence-corrected chi connectivity index (χ4v) is 3.49. The molecule has 27 heavy (non-hydrogen) atoms. The highest BCUT2D eigenvalue weighted by atomic mass is 16.4. The lowest BCUT2D eigenvalue weighted by Gasteiger charge is -2.42. The summed E-state index contributed by atoms with van der Waals surface area (Å²) in [6, 6.07) is 3.75. The molecule has 0 aromatic carbocycles. The van der Waals surface area contributed by atoms with Gasteiger partial charge in [0.2, 0.25) is 5.91 Å². The molecule has 1 unspecified atom stereocenters. The van der Waals surface area contributed by atoms with Crippen molar-refractivity contribution in [1.29, 1.82) is 0 Å². The highest BCUT2D eigenvalue weighted by Gasteiger charge is 2.35. The molecule has 1 aliphatic rings. The fraction of sp³-hybridized carbons (Fsp3) is 0.368. The Morgan fingerprint density at radius 1 is 1.33 bits per heavy atom. The normalized spacial score (nSPS) is 20.1. The van der Waals surface area contributed by atoms with Crippen molar-refractivity contribution < 1.29 is 19.8 Å². The number of fused-ring (bicyclic) bond motifs is 1. The number of anilines is 1. The predicted molar refractivity (Wildman–Crippen MR) is 100 cm³/mol. The third-order valence-corrected chi connectivity index (χ3v) is 4.69. The van der Waals surface area contributed by atoms with Gasteiger partial charge in [0.15, 0.2) is 0 Å². The second-order valence-electron chi connectivity index (χ2n) is 6.84. The number of carbonyl (C=O) groups is 2. The van der Waals surface area contributed by atoms with Gasteiger partial charge in [-0.2, -0.15) is 0 Å². The average molecular weight is 370 g/mol. The number of carboxylic acids is 1. The first-order valence-electron chi connectivity index (χ1n) is 8.70. The molecule has 3 heterocycles. The van der Waals surface area contributed by atoms with Crippen molar-refractivity contribution in [2.75, 3.05) is 31.6 Å². The van der Waals surface area contributed by atoms with Crippen LogP contribution in [0.15, 0.2) is 42.9 Å². The smallest absolute Gasteiger partial charge is 0.328 e. The Labute approximate surface area is 156 Å². The molecule has 1 fully saturated rings. The molecule has 1 amide bonds. The number of likely N-dealkylation sites (N-methyl/N-ethyl adjacent to an activating group) is 1. The second-order valence-corrected chi connectivity index (χ2v) is 6.84. The summed E-state index contributed by atoms with van der Waals surface area (Å²) in [6.07, 6.45) is 8.31. The number of hydrogen-bond acceptors (Lipinski definition) is 6. The summed E-state index contributed by atoms with van der Waals surface area (Å²) in [4.78, 5) is 34.5. The third-order valence-electron chi connectivity index (χ3n) is 4.69. The van der Waals surface area contributed by atoms with Crippen LogP contribution in [0.2, 0.25) is 0 Å². The molecule has 8 nitrogen and oxygen atoms in total. The van der Waals surface area contributed by atoms with E-state index in [2.05, 4.69) is 14.9 Å². The van der Waals surface area contributed by atoms with Gasteiger partial charge in [-0.25, -0.2) is 4.79 Å². The van der Waals surface area contributed by atoms with Crippen LogP contribution in [0.1, 0.15) is 12.8 Å². The van der Waals surface area contributed by atoms with Crippen LogP contribution in [0.5, 0.6) is 0 Å². The van der Waals surface area contributed by atoms with Gasteiger partial charge >= 0.3 is 5.97 Å². The van der Waals surface area contributed by atoms with E-state index in [0.29, 0.717) is 13.0 Å². The van der Waals surface area contributed by atoms with E-state index in [9.17, 15) is 14.7 Å². The zero-order chi connectivity index (χ0) is 19.4. The Morgan fingerprint density at radius 2 is 2.15 bits per heavy atom. The second kappa shape index (κ2) is 7.71. The van der Waals surface area contributed by atoms with Crippen LogP contribution in [0.4, 0.5) is 5.69 Å². The molecule has 0 aliphatic carbocycles. The van der Waals surface area contributed by atoms with E-state index in [-0.39, 0.29) is 6.54 Å². The molecule has 0 saturated carbocycles. The molecule has 2 aromatic heterocycles. The number of aliphatic hydroxyl groups is 1. The Balaban J connectivity index is 1.76. The highest BCUT2D eigenvalue weighted by molar-refractivity contribution is 5.94. The van der Waals surface area contributed by atoms with Crippen LogP contribution in [-0.4, -0.2) is 69.2 Å². The lowest BCUT2D eigenvalue weighted by atomic mass is 9.91. The molecule has 0 bridgehead atoms. The Morgan fingerprint density at radius 3 is 2.93 bits per heavy atom. The molecule has 1 saturated heterocycles. The molecule has 1 atom stereocenters. The molecule has 1 aliphatic heterocycles. The van der Waals surface area contributed by atoms with E-state index < -0.39 is 17.5 Å². The van der Waals surface area contributed by atoms with Crippen LogP contribution in [0.25, 0.3) is 10.9 Å². The summed E-state index contributed by atoms with van der Waals surface area (Å²) in [5.41, 5.74) is 0.700. The number of β-amino-alcohol motifs (C(OH)–C–C–N with tert-alkyl or cyclic N) is 1. The molecule has 2 aromatic rings. The van der Waals surface area contributed by atoms with Gasteiger partial charge in [-0.1, -0.05) is 0 Å². The maximum atomic E-state index is 12.0. The molecule has 0 spiro atoms. The van der Waals surface area contributed by atoms with E-state index in [4.69, 9.17) is 5.11 Å². The predicted octanol–water partition coefficient (Wildman–Crippen LogP) is 1.06. The lowest BCUT2D eigenvalue weighted by molar-refractivity contribution is -0.132. The SMILES string of the molecule is CN(CC1(O)CCCN(c2ccnc3ccncc23)C1)C(=O)C=CC(=O)O. The van der Waals surface area contributed by atoms with Crippen molar-refractivity contribution in [2.24, 2.45) is 0 Å². The molecule has 2 N–H and O–H groups in total. The molecular formula is C19H22N4O4. The van der Waals surface area contributed by atoms with Crippen molar-refractivity contribution >= 4 is 28.5 Å². The number of piperidine rings is 1. The Bertz CT molecular complexity index is 880. The van der Waals surface area contributed by atoms with Crippen LogP contribution in [0, 0.1) is 0 Å². The van der Waals surface area contributed by atoms with E-state index in [1.807, 2.05) is 12.1 Å². The maximum Gasteiger partial charge on any atom is 0.328 e. The average Bonchev–Trinajstić information content (AvgIpc) is 2.65. The molecule has 3 rings (SSSR count). The minimum absolute atomic E-state index is 0.119. The van der Waals surface area contributed by atoms with Gasteiger partial charge in [0, 0.05) is 62.0 Å². The van der Waals surface area contributed by atoms with Crippen molar-refractivity contribution in [3.8, 4) is 0 Å². The summed E-state index contributed by atoms with van der Waals surface area (Å²) in [6.45, 7) is 1.27. The van der Waals surface area contributed by atoms with Crippen LogP contribution < -0.4 is 4.90 Å². The maximum absolute atomic E-state index is 12.0. The van der Waals surface area contributed by atoms with Gasteiger partial charge in [0.05, 0.1) is 17.7 Å². The van der Waals surface area contributed by atoms with Crippen LogP contribution in [0.3, 0.4) is 0 Å². The Hall–Kier alpha value is -3.00. The number of pyridine rings is 2. The van der Waals surface area contributed by atoms with Gasteiger partial charge in [0.1, 0.15) is 0 Å². The van der Waals surface area contributed by atoms with Crippen LogP contribution in [-0.2, 0) is 9.59 Å². The molecule has 8 heteroatoms. The molecular weight excluding hydrogens is 348 g/mol.